The van der Waals surface area contributed by atoms with Gasteiger partial charge in [0.25, 0.3) is 0 Å². The van der Waals surface area contributed by atoms with Gasteiger partial charge >= 0.3 is 0 Å². The van der Waals surface area contributed by atoms with E-state index in [-0.39, 0.29) is 0 Å². The van der Waals surface area contributed by atoms with Crippen molar-refractivity contribution < 1.29 is 0 Å². The molecule has 3 N–H and O–H groups in total. The molecule has 0 aliphatic heterocycles. The molecule has 1 heterocycles. The highest BCUT2D eigenvalue weighted by Gasteiger charge is 2.04. The minimum Gasteiger partial charge on any atom is -0.399 e. The maximum Gasteiger partial charge on any atom is 0.0794 e. The van der Waals surface area contributed by atoms with E-state index in [1.807, 2.05) is 17.6 Å². The molecule has 0 aliphatic carbocycles. The Kier molecular flexibility index (Phi) is 5.36. The van der Waals surface area contributed by atoms with Gasteiger partial charge < -0.3 is 11.1 Å². The first-order valence-electron chi connectivity index (χ1n) is 6.69. The van der Waals surface area contributed by atoms with Crippen LogP contribution in [0.3, 0.4) is 0 Å². The third kappa shape index (κ3) is 4.65. The summed E-state index contributed by atoms with van der Waals surface area (Å²) in [7, 11) is 0. The first kappa shape index (κ1) is 14.0. The Bertz CT molecular complexity index is 465. The maximum absolute atomic E-state index is 5.70. The fraction of sp³-hybridized carbons (Fsp3) is 0.400. The average Bonchev–Trinajstić information content (AvgIpc) is 2.92. The number of benzene rings is 1. The fourth-order valence-electron chi connectivity index (χ4n) is 2.01. The standard InChI is InChI=1S/C15H21N3S/c1-12(13-2-4-14(16)5-3-13)6-8-17-9-7-15-10-19-11-18-15/h2-5,10-12,17H,6-9,16H2,1H3. The Labute approximate surface area is 118 Å². The molecule has 0 aliphatic rings. The van der Waals surface area contributed by atoms with Crippen molar-refractivity contribution in [2.45, 2.75) is 25.7 Å². The van der Waals surface area contributed by atoms with Crippen LogP contribution in [-0.2, 0) is 6.42 Å². The van der Waals surface area contributed by atoms with E-state index in [4.69, 9.17) is 5.73 Å². The van der Waals surface area contributed by atoms with Gasteiger partial charge in [0, 0.05) is 24.0 Å². The number of rotatable bonds is 7. The molecule has 3 nitrogen and oxygen atoms in total. The monoisotopic (exact) mass is 275 g/mol. The van der Waals surface area contributed by atoms with Crippen LogP contribution in [0.5, 0.6) is 0 Å². The highest BCUT2D eigenvalue weighted by molar-refractivity contribution is 7.07. The second-order valence-corrected chi connectivity index (χ2v) is 5.55. The van der Waals surface area contributed by atoms with Crippen molar-refractivity contribution in [2.24, 2.45) is 0 Å². The third-order valence-electron chi connectivity index (χ3n) is 3.30. The molecular weight excluding hydrogens is 254 g/mol. The zero-order chi connectivity index (χ0) is 13.5. The van der Waals surface area contributed by atoms with E-state index in [9.17, 15) is 0 Å². The number of hydrogen-bond acceptors (Lipinski definition) is 4. The topological polar surface area (TPSA) is 50.9 Å². The number of nitrogens with one attached hydrogen (secondary N) is 1. The van der Waals surface area contributed by atoms with E-state index in [0.29, 0.717) is 5.92 Å². The minimum absolute atomic E-state index is 0.562. The Hall–Kier alpha value is -1.39. The molecule has 0 amide bonds. The highest BCUT2D eigenvalue weighted by Crippen LogP contribution is 2.19. The average molecular weight is 275 g/mol. The molecule has 1 atom stereocenters. The van der Waals surface area contributed by atoms with Crippen molar-refractivity contribution in [2.75, 3.05) is 18.8 Å². The first-order valence-corrected chi connectivity index (χ1v) is 7.63. The van der Waals surface area contributed by atoms with E-state index >= 15 is 0 Å². The summed E-state index contributed by atoms with van der Waals surface area (Å²) >= 11 is 1.66. The Balaban J connectivity index is 1.63. The van der Waals surface area contributed by atoms with Gasteiger partial charge in [0.1, 0.15) is 0 Å². The lowest BCUT2D eigenvalue weighted by Gasteiger charge is -2.12. The van der Waals surface area contributed by atoms with Gasteiger partial charge in [-0.2, -0.15) is 0 Å². The van der Waals surface area contributed by atoms with Crippen molar-refractivity contribution in [3.63, 3.8) is 0 Å². The number of anilines is 1. The predicted molar refractivity (Wildman–Crippen MR) is 82.6 cm³/mol. The molecule has 19 heavy (non-hydrogen) atoms. The van der Waals surface area contributed by atoms with Crippen LogP contribution in [0, 0.1) is 0 Å². The van der Waals surface area contributed by atoms with Crippen molar-refractivity contribution in [3.05, 3.63) is 46.4 Å². The number of thiazole rings is 1. The highest BCUT2D eigenvalue weighted by atomic mass is 32.1. The fourth-order valence-corrected chi connectivity index (χ4v) is 2.61. The lowest BCUT2D eigenvalue weighted by atomic mass is 9.97. The van der Waals surface area contributed by atoms with Crippen molar-refractivity contribution in [1.82, 2.24) is 10.3 Å². The number of nitrogens with zero attached hydrogens (tertiary/aromatic N) is 1. The summed E-state index contributed by atoms with van der Waals surface area (Å²) in [5.74, 6) is 0.562. The summed E-state index contributed by atoms with van der Waals surface area (Å²) in [6, 6.07) is 8.19. The van der Waals surface area contributed by atoms with Crippen LogP contribution in [0.2, 0.25) is 0 Å². The van der Waals surface area contributed by atoms with E-state index in [2.05, 4.69) is 34.7 Å². The molecule has 102 valence electrons. The van der Waals surface area contributed by atoms with E-state index in [1.165, 1.54) is 11.3 Å². The molecule has 1 unspecified atom stereocenters. The van der Waals surface area contributed by atoms with Gasteiger partial charge in [0.2, 0.25) is 0 Å². The van der Waals surface area contributed by atoms with Gasteiger partial charge in [-0.25, -0.2) is 4.98 Å². The quantitative estimate of drug-likeness (QED) is 0.603. The maximum atomic E-state index is 5.70. The van der Waals surface area contributed by atoms with Crippen molar-refractivity contribution in [3.8, 4) is 0 Å². The lowest BCUT2D eigenvalue weighted by Crippen LogP contribution is -2.20. The third-order valence-corrected chi connectivity index (χ3v) is 3.94. The Morgan fingerprint density at radius 3 is 2.74 bits per heavy atom. The molecule has 0 radical (unpaired) electrons. The summed E-state index contributed by atoms with van der Waals surface area (Å²) in [6.07, 6.45) is 2.15. The number of nitrogen functional groups attached to an aromatic ring is 1. The van der Waals surface area contributed by atoms with Crippen LogP contribution in [0.25, 0.3) is 0 Å². The lowest BCUT2D eigenvalue weighted by molar-refractivity contribution is 0.593. The number of hydrogen-bond donors (Lipinski definition) is 2. The van der Waals surface area contributed by atoms with Crippen molar-refractivity contribution in [1.29, 1.82) is 0 Å². The van der Waals surface area contributed by atoms with Crippen LogP contribution in [0.15, 0.2) is 35.2 Å². The van der Waals surface area contributed by atoms with Gasteiger partial charge in [-0.3, -0.25) is 0 Å². The first-order chi connectivity index (χ1) is 9.25. The summed E-state index contributed by atoms with van der Waals surface area (Å²) in [4.78, 5) is 4.27. The molecular formula is C15H21N3S. The minimum atomic E-state index is 0.562. The zero-order valence-electron chi connectivity index (χ0n) is 11.3. The van der Waals surface area contributed by atoms with Crippen LogP contribution < -0.4 is 11.1 Å². The number of aromatic nitrogens is 1. The molecule has 0 fully saturated rings. The smallest absolute Gasteiger partial charge is 0.0794 e. The largest absolute Gasteiger partial charge is 0.399 e. The Morgan fingerprint density at radius 1 is 1.26 bits per heavy atom. The molecule has 2 rings (SSSR count). The van der Waals surface area contributed by atoms with Gasteiger partial charge in [-0.1, -0.05) is 19.1 Å². The molecule has 0 saturated heterocycles. The van der Waals surface area contributed by atoms with Gasteiger partial charge in [0.05, 0.1) is 11.2 Å². The van der Waals surface area contributed by atoms with Crippen LogP contribution >= 0.6 is 11.3 Å². The van der Waals surface area contributed by atoms with E-state index < -0.39 is 0 Å². The summed E-state index contributed by atoms with van der Waals surface area (Å²) < 4.78 is 0. The second-order valence-electron chi connectivity index (χ2n) is 4.84. The molecule has 1 aromatic carbocycles. The molecule has 0 saturated carbocycles. The van der Waals surface area contributed by atoms with E-state index in [0.717, 1.165) is 31.6 Å². The van der Waals surface area contributed by atoms with Gasteiger partial charge in [0.15, 0.2) is 0 Å². The van der Waals surface area contributed by atoms with Gasteiger partial charge in [-0.15, -0.1) is 11.3 Å². The predicted octanol–water partition coefficient (Wildman–Crippen LogP) is 3.05. The van der Waals surface area contributed by atoms with E-state index in [1.54, 1.807) is 11.3 Å². The molecule has 0 bridgehead atoms. The van der Waals surface area contributed by atoms with Crippen LogP contribution in [0.4, 0.5) is 5.69 Å². The molecule has 0 spiro atoms. The van der Waals surface area contributed by atoms with Gasteiger partial charge in [-0.05, 0) is 36.6 Å². The molecule has 1 aromatic heterocycles. The second kappa shape index (κ2) is 7.26. The van der Waals surface area contributed by atoms with Crippen LogP contribution in [0.1, 0.15) is 30.5 Å². The SMILES string of the molecule is CC(CCNCCc1cscn1)c1ccc(N)cc1. The molecule has 4 heteroatoms. The van der Waals surface area contributed by atoms with Crippen LogP contribution in [-0.4, -0.2) is 18.1 Å². The summed E-state index contributed by atoms with van der Waals surface area (Å²) in [5, 5.41) is 5.59. The number of nitrogens with two attached hydrogens (primary N) is 1. The normalized spacial score (nSPS) is 12.5. The summed E-state index contributed by atoms with van der Waals surface area (Å²) in [6.45, 7) is 4.29. The summed E-state index contributed by atoms with van der Waals surface area (Å²) in [5.41, 5.74) is 11.0. The Morgan fingerprint density at radius 2 is 2.05 bits per heavy atom. The zero-order valence-corrected chi connectivity index (χ0v) is 12.1. The molecule has 2 aromatic rings. The van der Waals surface area contributed by atoms with Crippen molar-refractivity contribution >= 4 is 17.0 Å².